The number of halogens is 1. The van der Waals surface area contributed by atoms with E-state index < -0.39 is 4.92 Å². The Labute approximate surface area is 120 Å². The van der Waals surface area contributed by atoms with E-state index in [9.17, 15) is 10.1 Å². The lowest BCUT2D eigenvalue weighted by Gasteiger charge is -2.08. The molecule has 0 aliphatic heterocycles. The van der Waals surface area contributed by atoms with Crippen molar-refractivity contribution in [3.63, 3.8) is 0 Å². The molecule has 0 unspecified atom stereocenters. The van der Waals surface area contributed by atoms with Crippen LogP contribution < -0.4 is 10.1 Å². The summed E-state index contributed by atoms with van der Waals surface area (Å²) in [4.78, 5) is 14.5. The van der Waals surface area contributed by atoms with Gasteiger partial charge < -0.3 is 10.1 Å². The zero-order chi connectivity index (χ0) is 14.5. The molecule has 1 N–H and O–H groups in total. The van der Waals surface area contributed by atoms with E-state index >= 15 is 0 Å². The van der Waals surface area contributed by atoms with Gasteiger partial charge in [-0.25, -0.2) is 0 Å². The average molecular weight is 294 g/mol. The number of nitrogens with zero attached hydrogens (tertiary/aromatic N) is 2. The van der Waals surface area contributed by atoms with Gasteiger partial charge in [-0.05, 0) is 17.7 Å². The maximum absolute atomic E-state index is 10.9. The molecular weight excluding hydrogens is 282 g/mol. The predicted octanol–water partition coefficient (Wildman–Crippen LogP) is 3.26. The molecule has 0 amide bonds. The minimum atomic E-state index is -0.489. The molecule has 0 bridgehead atoms. The molecule has 0 atom stereocenters. The molecule has 1 heterocycles. The van der Waals surface area contributed by atoms with E-state index in [0.29, 0.717) is 17.4 Å². The number of nitro groups is 1. The number of hydrogen-bond donors (Lipinski definition) is 1. The van der Waals surface area contributed by atoms with Gasteiger partial charge in [0.2, 0.25) is 11.7 Å². The summed E-state index contributed by atoms with van der Waals surface area (Å²) in [7, 11) is 1.46. The number of nitrogens with one attached hydrogen (secondary N) is 1. The standard InChI is InChI=1S/C13H12ClN3O3/c1-20-12-7-6-11(17(18)19)13(16-12)15-8-9-2-4-10(14)5-3-9/h2-7H,8H2,1H3,(H,15,16). The van der Waals surface area contributed by atoms with Crippen molar-refractivity contribution in [1.29, 1.82) is 0 Å². The second-order valence-corrected chi connectivity index (χ2v) is 4.39. The first-order valence-corrected chi connectivity index (χ1v) is 6.15. The molecule has 0 saturated heterocycles. The third-order valence-corrected chi connectivity index (χ3v) is 2.88. The summed E-state index contributed by atoms with van der Waals surface area (Å²) in [5.74, 6) is 0.485. The Morgan fingerprint density at radius 2 is 2.00 bits per heavy atom. The van der Waals surface area contributed by atoms with Gasteiger partial charge in [0.1, 0.15) is 0 Å². The summed E-state index contributed by atoms with van der Waals surface area (Å²) >= 11 is 5.80. The molecule has 0 aliphatic carbocycles. The van der Waals surface area contributed by atoms with Crippen LogP contribution in [0.2, 0.25) is 5.02 Å². The van der Waals surface area contributed by atoms with Crippen LogP contribution in [0.1, 0.15) is 5.56 Å². The number of ether oxygens (including phenoxy) is 1. The van der Waals surface area contributed by atoms with Crippen LogP contribution >= 0.6 is 11.6 Å². The number of aromatic nitrogens is 1. The van der Waals surface area contributed by atoms with Crippen molar-refractivity contribution in [2.75, 3.05) is 12.4 Å². The molecule has 1 aromatic carbocycles. The lowest BCUT2D eigenvalue weighted by Crippen LogP contribution is -2.05. The van der Waals surface area contributed by atoms with Crippen LogP contribution in [0, 0.1) is 10.1 Å². The van der Waals surface area contributed by atoms with Crippen molar-refractivity contribution in [2.24, 2.45) is 0 Å². The maximum Gasteiger partial charge on any atom is 0.311 e. The first-order chi connectivity index (χ1) is 9.60. The Hall–Kier alpha value is -2.34. The van der Waals surface area contributed by atoms with E-state index in [1.165, 1.54) is 19.2 Å². The monoisotopic (exact) mass is 293 g/mol. The molecule has 0 saturated carbocycles. The fourth-order valence-corrected chi connectivity index (χ4v) is 1.74. The van der Waals surface area contributed by atoms with E-state index in [1.807, 2.05) is 12.1 Å². The SMILES string of the molecule is COc1ccc([N+](=O)[O-])c(NCc2ccc(Cl)cc2)n1. The van der Waals surface area contributed by atoms with Crippen LogP contribution in [0.4, 0.5) is 11.5 Å². The number of anilines is 1. The zero-order valence-corrected chi connectivity index (χ0v) is 11.4. The predicted molar refractivity (Wildman–Crippen MR) is 76.2 cm³/mol. The molecular formula is C13H12ClN3O3. The Morgan fingerprint density at radius 3 is 2.60 bits per heavy atom. The quantitative estimate of drug-likeness (QED) is 0.676. The van der Waals surface area contributed by atoms with Gasteiger partial charge >= 0.3 is 5.69 Å². The number of rotatable bonds is 5. The first-order valence-electron chi connectivity index (χ1n) is 5.78. The first kappa shape index (κ1) is 14.1. The van der Waals surface area contributed by atoms with Gasteiger partial charge in [-0.1, -0.05) is 23.7 Å². The van der Waals surface area contributed by atoms with E-state index in [0.717, 1.165) is 5.56 Å². The minimum Gasteiger partial charge on any atom is -0.481 e. The van der Waals surface area contributed by atoms with Crippen molar-refractivity contribution in [3.8, 4) is 5.88 Å². The third-order valence-electron chi connectivity index (χ3n) is 2.63. The molecule has 20 heavy (non-hydrogen) atoms. The second kappa shape index (κ2) is 6.21. The highest BCUT2D eigenvalue weighted by molar-refractivity contribution is 6.30. The smallest absolute Gasteiger partial charge is 0.311 e. The highest BCUT2D eigenvalue weighted by atomic mass is 35.5. The van der Waals surface area contributed by atoms with Crippen molar-refractivity contribution in [1.82, 2.24) is 4.98 Å². The van der Waals surface area contributed by atoms with E-state index in [4.69, 9.17) is 16.3 Å². The minimum absolute atomic E-state index is 0.0974. The fourth-order valence-electron chi connectivity index (χ4n) is 1.61. The van der Waals surface area contributed by atoms with Crippen molar-refractivity contribution >= 4 is 23.1 Å². The normalized spacial score (nSPS) is 10.1. The number of methoxy groups -OCH3 is 1. The summed E-state index contributed by atoms with van der Waals surface area (Å²) in [6.45, 7) is 0.401. The van der Waals surface area contributed by atoms with Gasteiger partial charge in [0.25, 0.3) is 0 Å². The molecule has 1 aromatic heterocycles. The summed E-state index contributed by atoms with van der Waals surface area (Å²) in [6.07, 6.45) is 0. The molecule has 2 rings (SSSR count). The van der Waals surface area contributed by atoms with Crippen molar-refractivity contribution in [2.45, 2.75) is 6.54 Å². The molecule has 104 valence electrons. The van der Waals surface area contributed by atoms with Gasteiger partial charge in [0.05, 0.1) is 12.0 Å². The number of hydrogen-bond acceptors (Lipinski definition) is 5. The largest absolute Gasteiger partial charge is 0.481 e. The number of benzene rings is 1. The van der Waals surface area contributed by atoms with Crippen LogP contribution in [-0.2, 0) is 6.54 Å². The zero-order valence-electron chi connectivity index (χ0n) is 10.7. The molecule has 0 radical (unpaired) electrons. The fraction of sp³-hybridized carbons (Fsp3) is 0.154. The van der Waals surface area contributed by atoms with Gasteiger partial charge in [-0.15, -0.1) is 0 Å². The summed E-state index contributed by atoms with van der Waals surface area (Å²) < 4.78 is 4.97. The van der Waals surface area contributed by atoms with E-state index in [1.54, 1.807) is 12.1 Å². The Balaban J connectivity index is 2.18. The summed E-state index contributed by atoms with van der Waals surface area (Å²) in [5, 5.41) is 14.5. The molecule has 2 aromatic rings. The average Bonchev–Trinajstić information content (AvgIpc) is 2.46. The topological polar surface area (TPSA) is 77.3 Å². The summed E-state index contributed by atoms with van der Waals surface area (Å²) in [5.41, 5.74) is 0.841. The Morgan fingerprint density at radius 1 is 1.30 bits per heavy atom. The molecule has 6 nitrogen and oxygen atoms in total. The van der Waals surface area contributed by atoms with Gasteiger partial charge in [-0.3, -0.25) is 10.1 Å². The van der Waals surface area contributed by atoms with Crippen molar-refractivity contribution in [3.05, 3.63) is 57.1 Å². The third kappa shape index (κ3) is 3.36. The molecule has 0 fully saturated rings. The van der Waals surface area contributed by atoms with E-state index in [2.05, 4.69) is 10.3 Å². The Bertz CT molecular complexity index is 617. The van der Waals surface area contributed by atoms with Crippen LogP contribution in [-0.4, -0.2) is 17.0 Å². The molecule has 0 spiro atoms. The van der Waals surface area contributed by atoms with Gasteiger partial charge in [0.15, 0.2) is 0 Å². The highest BCUT2D eigenvalue weighted by Crippen LogP contribution is 2.25. The molecule has 7 heteroatoms. The van der Waals surface area contributed by atoms with Crippen molar-refractivity contribution < 1.29 is 9.66 Å². The van der Waals surface area contributed by atoms with Crippen LogP contribution in [0.25, 0.3) is 0 Å². The molecule has 0 aliphatic rings. The lowest BCUT2D eigenvalue weighted by atomic mass is 10.2. The van der Waals surface area contributed by atoms with Crippen LogP contribution in [0.3, 0.4) is 0 Å². The number of pyridine rings is 1. The second-order valence-electron chi connectivity index (χ2n) is 3.96. The summed E-state index contributed by atoms with van der Waals surface area (Å²) in [6, 6.07) is 9.99. The van der Waals surface area contributed by atoms with Gasteiger partial charge in [0, 0.05) is 23.7 Å². The van der Waals surface area contributed by atoms with Gasteiger partial charge in [-0.2, -0.15) is 4.98 Å². The highest BCUT2D eigenvalue weighted by Gasteiger charge is 2.16. The lowest BCUT2D eigenvalue weighted by molar-refractivity contribution is -0.384. The van der Waals surface area contributed by atoms with Crippen LogP contribution in [0.5, 0.6) is 5.88 Å². The Kier molecular flexibility index (Phi) is 4.37. The van der Waals surface area contributed by atoms with Crippen LogP contribution in [0.15, 0.2) is 36.4 Å². The maximum atomic E-state index is 10.9. The van der Waals surface area contributed by atoms with E-state index in [-0.39, 0.29) is 11.5 Å².